The van der Waals surface area contributed by atoms with Crippen LogP contribution in [0.5, 0.6) is 5.75 Å². The number of fused-ring (bicyclic) bond motifs is 1. The molecule has 0 spiro atoms. The number of aliphatic hydroxyl groups excluding tert-OH is 1. The van der Waals surface area contributed by atoms with Crippen LogP contribution in [0.15, 0.2) is 24.4 Å². The molecule has 1 unspecified atom stereocenters. The molecule has 0 amide bonds. The first-order valence-corrected chi connectivity index (χ1v) is 10.4. The molecule has 0 bridgehead atoms. The molecule has 0 saturated carbocycles. The molecule has 5 nitrogen and oxygen atoms in total. The second-order valence-corrected chi connectivity index (χ2v) is 8.33. The van der Waals surface area contributed by atoms with Crippen LogP contribution in [-0.4, -0.2) is 72.9 Å². The Bertz CT molecular complexity index is 743. The van der Waals surface area contributed by atoms with Gasteiger partial charge < -0.3 is 19.7 Å². The van der Waals surface area contributed by atoms with E-state index in [4.69, 9.17) is 4.74 Å². The first kappa shape index (κ1) is 18.8. The van der Waals surface area contributed by atoms with Crippen molar-refractivity contribution in [3.63, 3.8) is 0 Å². The summed E-state index contributed by atoms with van der Waals surface area (Å²) in [7, 11) is 3.93. The number of ether oxygens (including phenoxy) is 1. The average Bonchev–Trinajstić information content (AvgIpc) is 3.15. The molecule has 148 valence electrons. The number of hydrogen-bond acceptors (Lipinski definition) is 4. The molecule has 2 saturated heterocycles. The third kappa shape index (κ3) is 3.73. The van der Waals surface area contributed by atoms with Crippen LogP contribution in [-0.2, 0) is 0 Å². The van der Waals surface area contributed by atoms with Crippen molar-refractivity contribution in [1.29, 1.82) is 0 Å². The SMILES string of the molecule is COc1cccc2c(C3CCN(C(CO)C4CCN(C)CC4)CC3)c[nH]c12. The minimum Gasteiger partial charge on any atom is -0.495 e. The summed E-state index contributed by atoms with van der Waals surface area (Å²) in [5.41, 5.74) is 2.53. The summed E-state index contributed by atoms with van der Waals surface area (Å²) in [5.74, 6) is 2.14. The molecule has 1 aromatic carbocycles. The van der Waals surface area contributed by atoms with Crippen molar-refractivity contribution in [2.24, 2.45) is 5.92 Å². The fourth-order valence-corrected chi connectivity index (χ4v) is 5.17. The minimum atomic E-state index is 0.295. The maximum Gasteiger partial charge on any atom is 0.142 e. The molecule has 2 aliphatic heterocycles. The van der Waals surface area contributed by atoms with Crippen LogP contribution in [0.25, 0.3) is 10.9 Å². The van der Waals surface area contributed by atoms with E-state index in [1.807, 2.05) is 6.07 Å². The van der Waals surface area contributed by atoms with Crippen molar-refractivity contribution in [2.75, 3.05) is 46.9 Å². The van der Waals surface area contributed by atoms with Crippen molar-refractivity contribution >= 4 is 10.9 Å². The van der Waals surface area contributed by atoms with Gasteiger partial charge in [0.15, 0.2) is 0 Å². The van der Waals surface area contributed by atoms with E-state index in [-0.39, 0.29) is 0 Å². The smallest absolute Gasteiger partial charge is 0.142 e. The lowest BCUT2D eigenvalue weighted by molar-refractivity contribution is 0.0373. The van der Waals surface area contributed by atoms with Crippen molar-refractivity contribution in [3.8, 4) is 5.75 Å². The summed E-state index contributed by atoms with van der Waals surface area (Å²) in [6.45, 7) is 4.78. The minimum absolute atomic E-state index is 0.295. The summed E-state index contributed by atoms with van der Waals surface area (Å²) in [6.07, 6.45) is 6.92. The van der Waals surface area contributed by atoms with Crippen LogP contribution in [0.3, 0.4) is 0 Å². The number of methoxy groups -OCH3 is 1. The predicted molar refractivity (Wildman–Crippen MR) is 109 cm³/mol. The number of benzene rings is 1. The van der Waals surface area contributed by atoms with Crippen molar-refractivity contribution in [2.45, 2.75) is 37.6 Å². The number of hydrogen-bond donors (Lipinski definition) is 2. The highest BCUT2D eigenvalue weighted by molar-refractivity contribution is 5.88. The zero-order chi connectivity index (χ0) is 18.8. The molecule has 0 radical (unpaired) electrons. The lowest BCUT2D eigenvalue weighted by Gasteiger charge is -2.42. The number of likely N-dealkylation sites (tertiary alicyclic amines) is 2. The fraction of sp³-hybridized carbons (Fsp3) is 0.636. The number of aliphatic hydroxyl groups is 1. The third-order valence-electron chi connectivity index (χ3n) is 6.86. The number of H-pyrrole nitrogens is 1. The van der Waals surface area contributed by atoms with Gasteiger partial charge in [-0.3, -0.25) is 4.90 Å². The van der Waals surface area contributed by atoms with Gasteiger partial charge in [0.05, 0.1) is 19.2 Å². The molecule has 3 heterocycles. The predicted octanol–water partition coefficient (Wildman–Crippen LogP) is 3.06. The van der Waals surface area contributed by atoms with Crippen molar-refractivity contribution in [1.82, 2.24) is 14.8 Å². The van der Waals surface area contributed by atoms with Gasteiger partial charge in [0, 0.05) is 17.6 Å². The fourth-order valence-electron chi connectivity index (χ4n) is 5.17. The van der Waals surface area contributed by atoms with Gasteiger partial charge in [-0.05, 0) is 82.4 Å². The maximum atomic E-state index is 10.1. The highest BCUT2D eigenvalue weighted by Gasteiger charge is 2.32. The molecule has 27 heavy (non-hydrogen) atoms. The molecule has 2 N–H and O–H groups in total. The Balaban J connectivity index is 1.43. The Morgan fingerprint density at radius 3 is 2.56 bits per heavy atom. The number of aromatic amines is 1. The first-order valence-electron chi connectivity index (χ1n) is 10.4. The van der Waals surface area contributed by atoms with Crippen LogP contribution in [0.1, 0.15) is 37.2 Å². The quantitative estimate of drug-likeness (QED) is 0.848. The molecular weight excluding hydrogens is 338 g/mol. The largest absolute Gasteiger partial charge is 0.495 e. The van der Waals surface area contributed by atoms with Gasteiger partial charge >= 0.3 is 0 Å². The van der Waals surface area contributed by atoms with Crippen LogP contribution in [0, 0.1) is 5.92 Å². The van der Waals surface area contributed by atoms with E-state index in [1.165, 1.54) is 23.8 Å². The van der Waals surface area contributed by atoms with Gasteiger partial charge in [-0.2, -0.15) is 0 Å². The van der Waals surface area contributed by atoms with Crippen LogP contribution in [0.2, 0.25) is 0 Å². The Kier molecular flexibility index (Phi) is 5.71. The van der Waals surface area contributed by atoms with Gasteiger partial charge in [0.25, 0.3) is 0 Å². The number of nitrogens with one attached hydrogen (secondary N) is 1. The summed E-state index contributed by atoms with van der Waals surface area (Å²) < 4.78 is 5.50. The summed E-state index contributed by atoms with van der Waals surface area (Å²) in [5, 5.41) is 11.4. The van der Waals surface area contributed by atoms with Crippen molar-refractivity contribution in [3.05, 3.63) is 30.0 Å². The Morgan fingerprint density at radius 1 is 1.15 bits per heavy atom. The Hall–Kier alpha value is -1.56. The number of nitrogens with zero attached hydrogens (tertiary/aromatic N) is 2. The second-order valence-electron chi connectivity index (χ2n) is 8.33. The molecule has 2 fully saturated rings. The van der Waals surface area contributed by atoms with E-state index in [1.54, 1.807) is 7.11 Å². The molecule has 1 aromatic heterocycles. The van der Waals surface area contributed by atoms with E-state index in [0.29, 0.717) is 24.5 Å². The molecule has 2 aliphatic rings. The molecule has 0 aliphatic carbocycles. The van der Waals surface area contributed by atoms with Gasteiger partial charge in [-0.15, -0.1) is 0 Å². The highest BCUT2D eigenvalue weighted by atomic mass is 16.5. The zero-order valence-electron chi connectivity index (χ0n) is 16.7. The zero-order valence-corrected chi connectivity index (χ0v) is 16.7. The van der Waals surface area contributed by atoms with E-state index in [9.17, 15) is 5.11 Å². The number of rotatable bonds is 5. The van der Waals surface area contributed by atoms with Gasteiger partial charge in [-0.1, -0.05) is 12.1 Å². The monoisotopic (exact) mass is 371 g/mol. The van der Waals surface area contributed by atoms with Gasteiger partial charge in [0.2, 0.25) is 0 Å². The van der Waals surface area contributed by atoms with E-state index in [2.05, 4.69) is 40.2 Å². The van der Waals surface area contributed by atoms with Crippen LogP contribution >= 0.6 is 0 Å². The summed E-state index contributed by atoms with van der Waals surface area (Å²) in [4.78, 5) is 8.39. The molecule has 2 aromatic rings. The molecule has 1 atom stereocenters. The van der Waals surface area contributed by atoms with Crippen LogP contribution in [0.4, 0.5) is 0 Å². The topological polar surface area (TPSA) is 51.7 Å². The standard InChI is InChI=1S/C22H33N3O2/c1-24-10-6-17(7-11-24)20(15-26)25-12-8-16(9-13-25)19-14-23-22-18(19)4-3-5-21(22)27-2/h3-5,14,16-17,20,23,26H,6-13,15H2,1-2H3. The van der Waals surface area contributed by atoms with Gasteiger partial charge in [0.1, 0.15) is 5.75 Å². The Morgan fingerprint density at radius 2 is 1.89 bits per heavy atom. The maximum absolute atomic E-state index is 10.1. The second kappa shape index (κ2) is 8.21. The van der Waals surface area contributed by atoms with E-state index >= 15 is 0 Å². The lowest BCUT2D eigenvalue weighted by Crippen LogP contribution is -2.49. The summed E-state index contributed by atoms with van der Waals surface area (Å²) in [6, 6.07) is 6.63. The molecule has 5 heteroatoms. The number of para-hydroxylation sites is 1. The average molecular weight is 372 g/mol. The molecule has 4 rings (SSSR count). The third-order valence-corrected chi connectivity index (χ3v) is 6.86. The van der Waals surface area contributed by atoms with Gasteiger partial charge in [-0.25, -0.2) is 0 Å². The van der Waals surface area contributed by atoms with E-state index in [0.717, 1.165) is 50.3 Å². The first-order chi connectivity index (χ1) is 13.2. The number of piperidine rings is 2. The number of aromatic nitrogens is 1. The highest BCUT2D eigenvalue weighted by Crippen LogP contribution is 2.37. The molecular formula is C22H33N3O2. The summed E-state index contributed by atoms with van der Waals surface area (Å²) >= 11 is 0. The van der Waals surface area contributed by atoms with Crippen LogP contribution < -0.4 is 4.74 Å². The Labute approximate surface area is 162 Å². The van der Waals surface area contributed by atoms with E-state index < -0.39 is 0 Å². The lowest BCUT2D eigenvalue weighted by atomic mass is 9.85. The normalized spacial score (nSPS) is 22.3. The van der Waals surface area contributed by atoms with Crippen molar-refractivity contribution < 1.29 is 9.84 Å².